The van der Waals surface area contributed by atoms with Gasteiger partial charge in [0.1, 0.15) is 4.33 Å². The molecule has 1 rings (SSSR count). The van der Waals surface area contributed by atoms with Crippen LogP contribution in [0.3, 0.4) is 0 Å². The summed E-state index contributed by atoms with van der Waals surface area (Å²) in [7, 11) is 0. The van der Waals surface area contributed by atoms with Gasteiger partial charge in [0.25, 0.3) is 0 Å². The minimum absolute atomic E-state index is 0.394. The summed E-state index contributed by atoms with van der Waals surface area (Å²) in [4.78, 5) is 0. The molecule has 3 heteroatoms. The van der Waals surface area contributed by atoms with Crippen molar-refractivity contribution in [2.75, 3.05) is 6.54 Å². The summed E-state index contributed by atoms with van der Waals surface area (Å²) in [5, 5.41) is 0. The second-order valence-electron chi connectivity index (χ2n) is 2.59. The average Bonchev–Trinajstić information content (AvgIpc) is 2.35. The van der Waals surface area contributed by atoms with E-state index in [-0.39, 0.29) is 0 Å². The maximum Gasteiger partial charge on any atom is 0.121 e. The smallest absolute Gasteiger partial charge is 0.121 e. The molecule has 1 fully saturated rings. The van der Waals surface area contributed by atoms with Crippen molar-refractivity contribution in [2.45, 2.75) is 23.6 Å². The minimum atomic E-state index is -0.394. The van der Waals surface area contributed by atoms with Crippen LogP contribution in [0.25, 0.3) is 0 Å². The Morgan fingerprint density at radius 3 is 2.44 bits per heavy atom. The molecule has 0 aromatic rings. The molecule has 1 aliphatic rings. The molecule has 1 saturated carbocycles. The van der Waals surface area contributed by atoms with Crippen molar-refractivity contribution in [3.05, 3.63) is 0 Å². The van der Waals surface area contributed by atoms with Gasteiger partial charge >= 0.3 is 0 Å². The lowest BCUT2D eigenvalue weighted by Crippen LogP contribution is -2.00. The zero-order valence-electron chi connectivity index (χ0n) is 5.24. The number of hydrogen-bond acceptors (Lipinski definition) is 1. The van der Waals surface area contributed by atoms with E-state index in [0.29, 0.717) is 5.92 Å². The molecule has 1 atom stereocenters. The largest absolute Gasteiger partial charge is 0.330 e. The van der Waals surface area contributed by atoms with Gasteiger partial charge in [0, 0.05) is 0 Å². The van der Waals surface area contributed by atoms with Gasteiger partial charge in [-0.05, 0) is 31.7 Å². The lowest BCUT2D eigenvalue weighted by Gasteiger charge is -1.96. The van der Waals surface area contributed by atoms with Crippen LogP contribution in [0.15, 0.2) is 0 Å². The Labute approximate surface area is 65.5 Å². The maximum absolute atomic E-state index is 5.77. The Kier molecular flexibility index (Phi) is 2.25. The first-order chi connectivity index (χ1) is 4.17. The molecule has 1 nitrogen and oxygen atoms in total. The van der Waals surface area contributed by atoms with Crippen molar-refractivity contribution in [3.8, 4) is 0 Å². The Morgan fingerprint density at radius 1 is 1.56 bits per heavy atom. The summed E-state index contributed by atoms with van der Waals surface area (Å²) < 4.78 is -0.394. The zero-order valence-corrected chi connectivity index (χ0v) is 6.75. The number of halogens is 2. The molecule has 0 amide bonds. The Hall–Kier alpha value is 0.540. The van der Waals surface area contributed by atoms with E-state index < -0.39 is 4.33 Å². The van der Waals surface area contributed by atoms with E-state index in [4.69, 9.17) is 28.9 Å². The first kappa shape index (κ1) is 7.64. The Morgan fingerprint density at radius 2 is 2.11 bits per heavy atom. The third-order valence-electron chi connectivity index (χ3n) is 1.71. The van der Waals surface area contributed by atoms with Crippen LogP contribution in [-0.2, 0) is 0 Å². The van der Waals surface area contributed by atoms with E-state index in [1.165, 1.54) is 0 Å². The van der Waals surface area contributed by atoms with E-state index in [2.05, 4.69) is 0 Å². The number of rotatable bonds is 3. The van der Waals surface area contributed by atoms with E-state index >= 15 is 0 Å². The van der Waals surface area contributed by atoms with Crippen LogP contribution in [-0.4, -0.2) is 10.9 Å². The second kappa shape index (κ2) is 2.65. The molecular formula is C6H11Cl2N. The first-order valence-corrected chi connectivity index (χ1v) is 4.00. The fourth-order valence-electron chi connectivity index (χ4n) is 0.947. The summed E-state index contributed by atoms with van der Waals surface area (Å²) >= 11 is 11.5. The van der Waals surface area contributed by atoms with Crippen LogP contribution in [0.2, 0.25) is 0 Å². The van der Waals surface area contributed by atoms with Gasteiger partial charge in [-0.2, -0.15) is 0 Å². The summed E-state index contributed by atoms with van der Waals surface area (Å²) in [6.45, 7) is 0.750. The zero-order chi connectivity index (χ0) is 6.91. The molecule has 9 heavy (non-hydrogen) atoms. The van der Waals surface area contributed by atoms with Gasteiger partial charge in [-0.25, -0.2) is 0 Å². The second-order valence-corrected chi connectivity index (χ2v) is 4.14. The molecule has 0 heterocycles. The quantitative estimate of drug-likeness (QED) is 0.640. The highest BCUT2D eigenvalue weighted by atomic mass is 35.5. The van der Waals surface area contributed by atoms with Crippen LogP contribution < -0.4 is 5.73 Å². The average molecular weight is 168 g/mol. The van der Waals surface area contributed by atoms with E-state index in [1.54, 1.807) is 0 Å². The predicted molar refractivity (Wildman–Crippen MR) is 40.8 cm³/mol. The van der Waals surface area contributed by atoms with Gasteiger partial charge in [-0.1, -0.05) is 0 Å². The number of alkyl halides is 2. The highest BCUT2D eigenvalue weighted by Gasteiger charge is 2.50. The van der Waals surface area contributed by atoms with Crippen molar-refractivity contribution >= 4 is 23.2 Å². The summed E-state index contributed by atoms with van der Waals surface area (Å²) in [5.74, 6) is 0.518. The molecule has 0 aromatic heterocycles. The Balaban J connectivity index is 2.06. The Bertz CT molecular complexity index is 103. The molecule has 0 bridgehead atoms. The molecule has 0 radical (unpaired) electrons. The van der Waals surface area contributed by atoms with Gasteiger partial charge < -0.3 is 5.73 Å². The summed E-state index contributed by atoms with van der Waals surface area (Å²) in [5.41, 5.74) is 5.31. The van der Waals surface area contributed by atoms with Crippen molar-refractivity contribution in [2.24, 2.45) is 11.7 Å². The molecular weight excluding hydrogens is 157 g/mol. The first-order valence-electron chi connectivity index (χ1n) is 3.24. The van der Waals surface area contributed by atoms with E-state index in [9.17, 15) is 0 Å². The molecule has 0 aliphatic heterocycles. The van der Waals surface area contributed by atoms with Crippen LogP contribution >= 0.6 is 23.2 Å². The van der Waals surface area contributed by atoms with Gasteiger partial charge in [0.05, 0.1) is 0 Å². The molecule has 0 spiro atoms. The highest BCUT2D eigenvalue weighted by Crippen LogP contribution is 2.55. The van der Waals surface area contributed by atoms with Crippen LogP contribution in [0.1, 0.15) is 19.3 Å². The number of hydrogen-bond donors (Lipinski definition) is 1. The van der Waals surface area contributed by atoms with E-state index in [0.717, 1.165) is 25.8 Å². The lowest BCUT2D eigenvalue weighted by atomic mass is 10.2. The molecule has 0 aromatic carbocycles. The van der Waals surface area contributed by atoms with E-state index in [1.807, 2.05) is 0 Å². The standard InChI is InChI=1S/C6H11Cl2N/c7-6(8)4-5(6)2-1-3-9/h5H,1-4,9H2/t5-/m0/s1. The topological polar surface area (TPSA) is 26.0 Å². The van der Waals surface area contributed by atoms with Crippen molar-refractivity contribution in [1.82, 2.24) is 0 Å². The maximum atomic E-state index is 5.77. The molecule has 2 N–H and O–H groups in total. The lowest BCUT2D eigenvalue weighted by molar-refractivity contribution is 0.669. The monoisotopic (exact) mass is 167 g/mol. The fraction of sp³-hybridized carbons (Fsp3) is 1.00. The summed E-state index contributed by atoms with van der Waals surface area (Å²) in [6, 6.07) is 0. The molecule has 0 saturated heterocycles. The van der Waals surface area contributed by atoms with Gasteiger partial charge in [0.2, 0.25) is 0 Å². The van der Waals surface area contributed by atoms with Crippen LogP contribution in [0.4, 0.5) is 0 Å². The number of nitrogens with two attached hydrogens (primary N) is 1. The normalized spacial score (nSPS) is 30.3. The predicted octanol–water partition coefficient (Wildman–Crippen LogP) is 1.92. The van der Waals surface area contributed by atoms with Gasteiger partial charge in [-0.15, -0.1) is 23.2 Å². The molecule has 1 aliphatic carbocycles. The molecule has 0 unspecified atom stereocenters. The van der Waals surface area contributed by atoms with Crippen LogP contribution in [0.5, 0.6) is 0 Å². The summed E-state index contributed by atoms with van der Waals surface area (Å²) in [6.07, 6.45) is 3.09. The van der Waals surface area contributed by atoms with Gasteiger partial charge in [-0.3, -0.25) is 0 Å². The SMILES string of the molecule is NCCC[C@H]1CC1(Cl)Cl. The van der Waals surface area contributed by atoms with Gasteiger partial charge in [0.15, 0.2) is 0 Å². The van der Waals surface area contributed by atoms with Crippen LogP contribution in [0, 0.1) is 5.92 Å². The van der Waals surface area contributed by atoms with Crippen molar-refractivity contribution < 1.29 is 0 Å². The third-order valence-corrected chi connectivity index (χ3v) is 2.64. The fourth-order valence-corrected chi connectivity index (χ4v) is 1.54. The third kappa shape index (κ3) is 1.99. The molecule has 54 valence electrons. The highest BCUT2D eigenvalue weighted by molar-refractivity contribution is 6.50. The van der Waals surface area contributed by atoms with Crippen molar-refractivity contribution in [1.29, 1.82) is 0 Å². The minimum Gasteiger partial charge on any atom is -0.330 e. The van der Waals surface area contributed by atoms with Crippen molar-refractivity contribution in [3.63, 3.8) is 0 Å².